The standard InChI is InChI=1S/C21H23FN2O2/c1-24(19-5-3-2-4-6-19)21(26)16-9-13-18(14-10-16)23-20(25)15-7-11-17(22)12-8-15/h7-14,19H,2-6H2,1H3,(H,23,25). The highest BCUT2D eigenvalue weighted by atomic mass is 19.1. The molecule has 2 amide bonds. The first kappa shape index (κ1) is 18.1. The van der Waals surface area contributed by atoms with E-state index in [0.717, 1.165) is 12.8 Å². The highest BCUT2D eigenvalue weighted by Crippen LogP contribution is 2.23. The predicted octanol–water partition coefficient (Wildman–Crippen LogP) is 4.48. The number of benzene rings is 2. The van der Waals surface area contributed by atoms with E-state index in [1.54, 1.807) is 24.3 Å². The topological polar surface area (TPSA) is 49.4 Å². The van der Waals surface area contributed by atoms with Crippen LogP contribution in [0.5, 0.6) is 0 Å². The molecule has 0 aromatic heterocycles. The van der Waals surface area contributed by atoms with Gasteiger partial charge in [-0.25, -0.2) is 4.39 Å². The molecule has 0 atom stereocenters. The maximum absolute atomic E-state index is 12.9. The zero-order chi connectivity index (χ0) is 18.5. The predicted molar refractivity (Wildman–Crippen MR) is 99.8 cm³/mol. The van der Waals surface area contributed by atoms with Crippen molar-refractivity contribution in [2.24, 2.45) is 0 Å². The molecule has 0 bridgehead atoms. The fraction of sp³-hybridized carbons (Fsp3) is 0.333. The molecular weight excluding hydrogens is 331 g/mol. The molecule has 5 heteroatoms. The van der Waals surface area contributed by atoms with E-state index in [1.165, 1.54) is 43.5 Å². The van der Waals surface area contributed by atoms with Gasteiger partial charge < -0.3 is 10.2 Å². The SMILES string of the molecule is CN(C(=O)c1ccc(NC(=O)c2ccc(F)cc2)cc1)C1CCCCC1. The largest absolute Gasteiger partial charge is 0.339 e. The van der Waals surface area contributed by atoms with E-state index in [1.807, 2.05) is 11.9 Å². The maximum atomic E-state index is 12.9. The first-order valence-electron chi connectivity index (χ1n) is 8.99. The molecule has 1 saturated carbocycles. The Balaban J connectivity index is 1.63. The molecule has 2 aromatic carbocycles. The second kappa shape index (κ2) is 8.13. The van der Waals surface area contributed by atoms with Crippen molar-refractivity contribution in [1.29, 1.82) is 0 Å². The molecule has 0 radical (unpaired) electrons. The van der Waals surface area contributed by atoms with Gasteiger partial charge in [0.25, 0.3) is 11.8 Å². The summed E-state index contributed by atoms with van der Waals surface area (Å²) >= 11 is 0. The Morgan fingerprint density at radius 2 is 1.50 bits per heavy atom. The van der Waals surface area contributed by atoms with Crippen LogP contribution in [0, 0.1) is 5.82 Å². The molecule has 1 N–H and O–H groups in total. The number of carbonyl (C=O) groups is 2. The molecule has 1 aliphatic rings. The average Bonchev–Trinajstić information content (AvgIpc) is 2.68. The van der Waals surface area contributed by atoms with Gasteiger partial charge in [0.05, 0.1) is 0 Å². The lowest BCUT2D eigenvalue weighted by Gasteiger charge is -2.31. The maximum Gasteiger partial charge on any atom is 0.255 e. The van der Waals surface area contributed by atoms with Crippen molar-refractivity contribution in [2.45, 2.75) is 38.1 Å². The summed E-state index contributed by atoms with van der Waals surface area (Å²) in [7, 11) is 1.86. The number of nitrogens with one attached hydrogen (secondary N) is 1. The van der Waals surface area contributed by atoms with Gasteiger partial charge in [0.15, 0.2) is 0 Å². The molecule has 0 spiro atoms. The number of hydrogen-bond donors (Lipinski definition) is 1. The lowest BCUT2D eigenvalue weighted by atomic mass is 9.94. The molecule has 0 unspecified atom stereocenters. The number of hydrogen-bond acceptors (Lipinski definition) is 2. The van der Waals surface area contributed by atoms with Gasteiger partial charge in [0, 0.05) is 29.9 Å². The van der Waals surface area contributed by atoms with E-state index in [4.69, 9.17) is 0 Å². The summed E-state index contributed by atoms with van der Waals surface area (Å²) < 4.78 is 12.9. The van der Waals surface area contributed by atoms with Crippen LogP contribution < -0.4 is 5.32 Å². The van der Waals surface area contributed by atoms with Crippen molar-refractivity contribution in [3.63, 3.8) is 0 Å². The van der Waals surface area contributed by atoms with Crippen molar-refractivity contribution in [1.82, 2.24) is 4.90 Å². The summed E-state index contributed by atoms with van der Waals surface area (Å²) in [6.07, 6.45) is 5.73. The molecule has 1 aliphatic carbocycles. The molecule has 3 rings (SSSR count). The number of amides is 2. The lowest BCUT2D eigenvalue weighted by molar-refractivity contribution is 0.0696. The third kappa shape index (κ3) is 4.28. The third-order valence-corrected chi connectivity index (χ3v) is 4.94. The second-order valence-electron chi connectivity index (χ2n) is 6.75. The summed E-state index contributed by atoms with van der Waals surface area (Å²) in [6.45, 7) is 0. The van der Waals surface area contributed by atoms with Crippen LogP contribution in [0.15, 0.2) is 48.5 Å². The van der Waals surface area contributed by atoms with Crippen molar-refractivity contribution in [2.75, 3.05) is 12.4 Å². The monoisotopic (exact) mass is 354 g/mol. The highest BCUT2D eigenvalue weighted by molar-refractivity contribution is 6.04. The zero-order valence-corrected chi connectivity index (χ0v) is 14.9. The minimum atomic E-state index is -0.383. The minimum Gasteiger partial charge on any atom is -0.339 e. The Morgan fingerprint density at radius 1 is 0.923 bits per heavy atom. The zero-order valence-electron chi connectivity index (χ0n) is 14.9. The van der Waals surface area contributed by atoms with Crippen molar-refractivity contribution < 1.29 is 14.0 Å². The van der Waals surface area contributed by atoms with Crippen LogP contribution in [-0.2, 0) is 0 Å². The highest BCUT2D eigenvalue weighted by Gasteiger charge is 2.22. The third-order valence-electron chi connectivity index (χ3n) is 4.94. The quantitative estimate of drug-likeness (QED) is 0.880. The molecule has 4 nitrogen and oxygen atoms in total. The molecule has 0 aliphatic heterocycles. The van der Waals surface area contributed by atoms with Gasteiger partial charge in [0.1, 0.15) is 5.82 Å². The number of nitrogens with zero attached hydrogens (tertiary/aromatic N) is 1. The van der Waals surface area contributed by atoms with E-state index < -0.39 is 0 Å². The van der Waals surface area contributed by atoms with Crippen LogP contribution in [0.25, 0.3) is 0 Å². The van der Waals surface area contributed by atoms with Crippen LogP contribution in [0.4, 0.5) is 10.1 Å². The molecular formula is C21H23FN2O2. The van der Waals surface area contributed by atoms with Crippen molar-refractivity contribution in [3.05, 3.63) is 65.5 Å². The first-order valence-corrected chi connectivity index (χ1v) is 8.99. The Hall–Kier alpha value is -2.69. The fourth-order valence-electron chi connectivity index (χ4n) is 3.34. The van der Waals surface area contributed by atoms with Gasteiger partial charge >= 0.3 is 0 Å². The smallest absolute Gasteiger partial charge is 0.255 e. The molecule has 26 heavy (non-hydrogen) atoms. The summed E-state index contributed by atoms with van der Waals surface area (Å²) in [6, 6.07) is 12.5. The summed E-state index contributed by atoms with van der Waals surface area (Å²) in [4.78, 5) is 26.6. The summed E-state index contributed by atoms with van der Waals surface area (Å²) in [5.41, 5.74) is 1.58. The fourth-order valence-corrected chi connectivity index (χ4v) is 3.34. The van der Waals surface area contributed by atoms with E-state index in [0.29, 0.717) is 22.9 Å². The number of rotatable bonds is 4. The van der Waals surface area contributed by atoms with Crippen molar-refractivity contribution in [3.8, 4) is 0 Å². The Labute approximate surface area is 153 Å². The molecule has 1 fully saturated rings. The Morgan fingerprint density at radius 3 is 2.12 bits per heavy atom. The van der Waals surface area contributed by atoms with Crippen LogP contribution in [0.1, 0.15) is 52.8 Å². The molecule has 2 aromatic rings. The molecule has 136 valence electrons. The van der Waals surface area contributed by atoms with E-state index in [-0.39, 0.29) is 17.6 Å². The normalized spacial score (nSPS) is 14.7. The van der Waals surface area contributed by atoms with Gasteiger partial charge in [-0.1, -0.05) is 19.3 Å². The van der Waals surface area contributed by atoms with E-state index >= 15 is 0 Å². The average molecular weight is 354 g/mol. The second-order valence-corrected chi connectivity index (χ2v) is 6.75. The van der Waals surface area contributed by atoms with Crippen LogP contribution in [0.3, 0.4) is 0 Å². The minimum absolute atomic E-state index is 0.00770. The number of halogens is 1. The van der Waals surface area contributed by atoms with Gasteiger partial charge in [-0.3, -0.25) is 9.59 Å². The summed E-state index contributed by atoms with van der Waals surface area (Å²) in [5, 5.41) is 2.75. The first-order chi connectivity index (χ1) is 12.5. The van der Waals surface area contributed by atoms with Gasteiger partial charge in [-0.2, -0.15) is 0 Å². The van der Waals surface area contributed by atoms with Crippen LogP contribution in [-0.4, -0.2) is 29.8 Å². The van der Waals surface area contributed by atoms with E-state index in [9.17, 15) is 14.0 Å². The Kier molecular flexibility index (Phi) is 5.66. The lowest BCUT2D eigenvalue weighted by Crippen LogP contribution is -2.38. The van der Waals surface area contributed by atoms with Crippen LogP contribution in [0.2, 0.25) is 0 Å². The van der Waals surface area contributed by atoms with Gasteiger partial charge in [-0.05, 0) is 61.4 Å². The van der Waals surface area contributed by atoms with Gasteiger partial charge in [-0.15, -0.1) is 0 Å². The van der Waals surface area contributed by atoms with Gasteiger partial charge in [0.2, 0.25) is 0 Å². The Bertz CT molecular complexity index is 766. The number of carbonyl (C=O) groups excluding carboxylic acids is 2. The molecule has 0 saturated heterocycles. The van der Waals surface area contributed by atoms with E-state index in [2.05, 4.69) is 5.32 Å². The summed E-state index contributed by atoms with van der Waals surface area (Å²) in [5.74, 6) is -0.691. The van der Waals surface area contributed by atoms with Crippen molar-refractivity contribution >= 4 is 17.5 Å². The van der Waals surface area contributed by atoms with Crippen LogP contribution >= 0.6 is 0 Å². The molecule has 0 heterocycles. The number of anilines is 1.